The van der Waals surface area contributed by atoms with Gasteiger partial charge in [-0.15, -0.1) is 0 Å². The Labute approximate surface area is 103 Å². The minimum absolute atomic E-state index is 0.666. The molecule has 0 radical (unpaired) electrons. The van der Waals surface area contributed by atoms with Gasteiger partial charge in [0.1, 0.15) is 0 Å². The molecular formula is C14H32N2. The van der Waals surface area contributed by atoms with E-state index in [2.05, 4.69) is 44.8 Å². The molecule has 0 aromatic carbocycles. The number of nitrogens with one attached hydrogen (secondary N) is 1. The number of nitrogens with zero attached hydrogens (tertiary/aromatic N) is 1. The summed E-state index contributed by atoms with van der Waals surface area (Å²) >= 11 is 0. The predicted octanol–water partition coefficient (Wildman–Crippen LogP) is 3.13. The van der Waals surface area contributed by atoms with Gasteiger partial charge in [0.05, 0.1) is 0 Å². The largest absolute Gasteiger partial charge is 0.313 e. The van der Waals surface area contributed by atoms with Gasteiger partial charge in [0.15, 0.2) is 0 Å². The van der Waals surface area contributed by atoms with E-state index in [1.807, 2.05) is 0 Å². The summed E-state index contributed by atoms with van der Waals surface area (Å²) in [6.07, 6.45) is 3.85. The number of hydrogen-bond acceptors (Lipinski definition) is 2. The molecule has 1 atom stereocenters. The summed E-state index contributed by atoms with van der Waals surface area (Å²) in [7, 11) is 0. The van der Waals surface area contributed by atoms with E-state index in [0.29, 0.717) is 6.04 Å². The molecule has 2 nitrogen and oxygen atoms in total. The standard InChI is InChI=1S/C14H32N2/c1-6-13(7-2)11-16(10-5)12-14(8-3)15-9-4/h13-15H,6-12H2,1-5H3. The molecule has 0 saturated carbocycles. The van der Waals surface area contributed by atoms with Crippen molar-refractivity contribution in [3.8, 4) is 0 Å². The zero-order valence-corrected chi connectivity index (χ0v) is 12.1. The van der Waals surface area contributed by atoms with Crippen LogP contribution in [0.3, 0.4) is 0 Å². The topological polar surface area (TPSA) is 15.3 Å². The highest BCUT2D eigenvalue weighted by atomic mass is 15.1. The average molecular weight is 228 g/mol. The molecule has 0 aliphatic heterocycles. The van der Waals surface area contributed by atoms with Crippen LogP contribution < -0.4 is 5.32 Å². The lowest BCUT2D eigenvalue weighted by Crippen LogP contribution is -2.42. The van der Waals surface area contributed by atoms with Crippen LogP contribution in [-0.4, -0.2) is 37.1 Å². The molecule has 98 valence electrons. The fraction of sp³-hybridized carbons (Fsp3) is 1.00. The van der Waals surface area contributed by atoms with E-state index >= 15 is 0 Å². The van der Waals surface area contributed by atoms with Crippen molar-refractivity contribution in [2.45, 2.75) is 59.9 Å². The molecule has 2 heteroatoms. The molecule has 0 bridgehead atoms. The van der Waals surface area contributed by atoms with E-state index < -0.39 is 0 Å². The summed E-state index contributed by atoms with van der Waals surface area (Å²) in [5.41, 5.74) is 0. The van der Waals surface area contributed by atoms with Crippen LogP contribution in [0.5, 0.6) is 0 Å². The Balaban J connectivity index is 4.05. The fourth-order valence-corrected chi connectivity index (χ4v) is 2.18. The Bertz CT molecular complexity index is 144. The summed E-state index contributed by atoms with van der Waals surface area (Å²) in [4.78, 5) is 2.61. The van der Waals surface area contributed by atoms with Gasteiger partial charge >= 0.3 is 0 Å². The minimum atomic E-state index is 0.666. The third kappa shape index (κ3) is 6.49. The van der Waals surface area contributed by atoms with E-state index in [0.717, 1.165) is 12.5 Å². The fourth-order valence-electron chi connectivity index (χ4n) is 2.18. The van der Waals surface area contributed by atoms with Gasteiger partial charge in [0, 0.05) is 19.1 Å². The third-order valence-corrected chi connectivity index (χ3v) is 3.58. The second kappa shape index (κ2) is 10.1. The Morgan fingerprint density at radius 3 is 1.88 bits per heavy atom. The molecule has 0 saturated heterocycles. The van der Waals surface area contributed by atoms with E-state index in [4.69, 9.17) is 0 Å². The lowest BCUT2D eigenvalue weighted by Gasteiger charge is -2.29. The molecule has 0 fully saturated rings. The Hall–Kier alpha value is -0.0800. The molecule has 0 amide bonds. The van der Waals surface area contributed by atoms with Gasteiger partial charge in [-0.3, -0.25) is 0 Å². The number of likely N-dealkylation sites (N-methyl/N-ethyl adjacent to an activating group) is 2. The number of hydrogen-bond donors (Lipinski definition) is 1. The predicted molar refractivity (Wildman–Crippen MR) is 73.9 cm³/mol. The summed E-state index contributed by atoms with van der Waals surface area (Å²) < 4.78 is 0. The lowest BCUT2D eigenvalue weighted by molar-refractivity contribution is 0.209. The van der Waals surface area contributed by atoms with Crippen LogP contribution in [0.1, 0.15) is 53.9 Å². The van der Waals surface area contributed by atoms with Gasteiger partial charge in [0.25, 0.3) is 0 Å². The first kappa shape index (κ1) is 15.9. The zero-order valence-electron chi connectivity index (χ0n) is 12.1. The van der Waals surface area contributed by atoms with Crippen LogP contribution in [0, 0.1) is 5.92 Å². The first-order chi connectivity index (χ1) is 7.71. The summed E-state index contributed by atoms with van der Waals surface area (Å²) in [6, 6.07) is 0.666. The van der Waals surface area contributed by atoms with Crippen molar-refractivity contribution in [1.82, 2.24) is 10.2 Å². The molecule has 0 heterocycles. The van der Waals surface area contributed by atoms with E-state index in [1.54, 1.807) is 0 Å². The van der Waals surface area contributed by atoms with Gasteiger partial charge in [-0.05, 0) is 25.4 Å². The van der Waals surface area contributed by atoms with Crippen molar-refractivity contribution in [3.05, 3.63) is 0 Å². The van der Waals surface area contributed by atoms with Crippen molar-refractivity contribution in [2.24, 2.45) is 5.92 Å². The van der Waals surface area contributed by atoms with E-state index in [9.17, 15) is 0 Å². The molecule has 1 unspecified atom stereocenters. The van der Waals surface area contributed by atoms with Crippen LogP contribution in [0.25, 0.3) is 0 Å². The normalized spacial score (nSPS) is 13.7. The molecule has 0 aliphatic rings. The highest BCUT2D eigenvalue weighted by Crippen LogP contribution is 2.10. The van der Waals surface area contributed by atoms with Gasteiger partial charge in [-0.1, -0.05) is 47.5 Å². The minimum Gasteiger partial charge on any atom is -0.313 e. The maximum Gasteiger partial charge on any atom is 0.0192 e. The molecule has 0 aromatic heterocycles. The van der Waals surface area contributed by atoms with Crippen LogP contribution in [0.4, 0.5) is 0 Å². The maximum atomic E-state index is 3.56. The van der Waals surface area contributed by atoms with Gasteiger partial charge in [-0.2, -0.15) is 0 Å². The first-order valence-electron chi connectivity index (χ1n) is 7.17. The van der Waals surface area contributed by atoms with Gasteiger partial charge in [-0.25, -0.2) is 0 Å². The van der Waals surface area contributed by atoms with Crippen molar-refractivity contribution in [2.75, 3.05) is 26.2 Å². The molecule has 0 rings (SSSR count). The molecule has 0 aromatic rings. The highest BCUT2D eigenvalue weighted by molar-refractivity contribution is 4.71. The number of rotatable bonds is 10. The van der Waals surface area contributed by atoms with Crippen LogP contribution in [0.15, 0.2) is 0 Å². The quantitative estimate of drug-likeness (QED) is 0.618. The monoisotopic (exact) mass is 228 g/mol. The van der Waals surface area contributed by atoms with Crippen LogP contribution in [0.2, 0.25) is 0 Å². The first-order valence-corrected chi connectivity index (χ1v) is 7.17. The van der Waals surface area contributed by atoms with Crippen molar-refractivity contribution < 1.29 is 0 Å². The molecule has 16 heavy (non-hydrogen) atoms. The van der Waals surface area contributed by atoms with Crippen LogP contribution >= 0.6 is 0 Å². The second-order valence-corrected chi connectivity index (χ2v) is 4.70. The molecular weight excluding hydrogens is 196 g/mol. The molecule has 1 N–H and O–H groups in total. The maximum absolute atomic E-state index is 3.56. The van der Waals surface area contributed by atoms with E-state index in [-0.39, 0.29) is 0 Å². The average Bonchev–Trinajstić information content (AvgIpc) is 2.33. The molecule has 0 spiro atoms. The Morgan fingerprint density at radius 2 is 1.50 bits per heavy atom. The smallest absolute Gasteiger partial charge is 0.0192 e. The Kier molecular flexibility index (Phi) is 10.0. The van der Waals surface area contributed by atoms with E-state index in [1.165, 1.54) is 38.9 Å². The zero-order chi connectivity index (χ0) is 12.4. The highest BCUT2D eigenvalue weighted by Gasteiger charge is 2.13. The van der Waals surface area contributed by atoms with Crippen LogP contribution in [-0.2, 0) is 0 Å². The van der Waals surface area contributed by atoms with Crippen molar-refractivity contribution >= 4 is 0 Å². The summed E-state index contributed by atoms with van der Waals surface area (Å²) in [5, 5.41) is 3.56. The summed E-state index contributed by atoms with van der Waals surface area (Å²) in [5.74, 6) is 0.874. The van der Waals surface area contributed by atoms with Gasteiger partial charge in [0.2, 0.25) is 0 Å². The van der Waals surface area contributed by atoms with Crippen molar-refractivity contribution in [1.29, 1.82) is 0 Å². The summed E-state index contributed by atoms with van der Waals surface area (Å²) in [6.45, 7) is 16.1. The van der Waals surface area contributed by atoms with Crippen molar-refractivity contribution in [3.63, 3.8) is 0 Å². The SMILES string of the molecule is CCNC(CC)CN(CC)CC(CC)CC. The molecule has 0 aliphatic carbocycles. The second-order valence-electron chi connectivity index (χ2n) is 4.70. The van der Waals surface area contributed by atoms with Gasteiger partial charge < -0.3 is 10.2 Å². The lowest BCUT2D eigenvalue weighted by atomic mass is 10.0. The Morgan fingerprint density at radius 1 is 0.875 bits per heavy atom. The third-order valence-electron chi connectivity index (χ3n) is 3.58.